The van der Waals surface area contributed by atoms with Gasteiger partial charge in [-0.05, 0) is 42.2 Å². The molecule has 2 aromatic carbocycles. The molecular formula is C23H17ClFNO6. The highest BCUT2D eigenvalue weighted by Crippen LogP contribution is 2.39. The summed E-state index contributed by atoms with van der Waals surface area (Å²) in [6.45, 7) is 0. The maximum absolute atomic E-state index is 15.0. The molecule has 1 aromatic heterocycles. The Morgan fingerprint density at radius 1 is 1.06 bits per heavy atom. The Kier molecular flexibility index (Phi) is 6.07. The molecule has 0 spiro atoms. The van der Waals surface area contributed by atoms with Gasteiger partial charge in [-0.2, -0.15) is 0 Å². The van der Waals surface area contributed by atoms with Gasteiger partial charge in [-0.3, -0.25) is 4.98 Å². The van der Waals surface area contributed by atoms with Crippen molar-refractivity contribution in [1.29, 1.82) is 0 Å². The number of aromatic nitrogens is 1. The number of carbonyl (C=O) groups excluding carboxylic acids is 2. The number of carbonyl (C=O) groups is 2. The van der Waals surface area contributed by atoms with E-state index in [9.17, 15) is 19.1 Å². The SMILES string of the molecule is O=C1OC(Oc2ccc(-c3ccccc3)c(F)c2Cl)([C@H](O)CCc2cccnc2)OC1=O. The number of nitrogens with zero attached hydrogens (tertiary/aromatic N) is 1. The lowest BCUT2D eigenvalue weighted by molar-refractivity contribution is -0.318. The minimum Gasteiger partial charge on any atom is -0.417 e. The number of aliphatic hydroxyl groups excluding tert-OH is 1. The van der Waals surface area contributed by atoms with Gasteiger partial charge in [0.15, 0.2) is 11.9 Å². The number of cyclic esters (lactones) is 2. The van der Waals surface area contributed by atoms with Gasteiger partial charge in [-0.1, -0.05) is 48.0 Å². The molecule has 1 N–H and O–H groups in total. The summed E-state index contributed by atoms with van der Waals surface area (Å²) in [7, 11) is 0. The molecule has 3 aromatic rings. The topological polar surface area (TPSA) is 95.0 Å². The van der Waals surface area contributed by atoms with Gasteiger partial charge in [0.25, 0.3) is 0 Å². The van der Waals surface area contributed by atoms with E-state index in [1.54, 1.807) is 54.9 Å². The standard InChI is InChI=1S/C23H17ClFNO6/c24-19-17(10-9-16(20(19)25)15-6-2-1-3-7-15)30-23(31-21(28)22(29)32-23)18(27)11-8-14-5-4-12-26-13-14/h1-7,9-10,12-13,18,27H,8,11H2/t18-/m1/s1. The number of pyridine rings is 1. The van der Waals surface area contributed by atoms with E-state index in [-0.39, 0.29) is 17.7 Å². The molecule has 0 saturated carbocycles. The van der Waals surface area contributed by atoms with Crippen LogP contribution >= 0.6 is 11.6 Å². The van der Waals surface area contributed by atoms with Crippen molar-refractivity contribution < 1.29 is 33.3 Å². The normalized spacial score (nSPS) is 15.7. The van der Waals surface area contributed by atoms with Crippen LogP contribution in [0.1, 0.15) is 12.0 Å². The fourth-order valence-corrected chi connectivity index (χ4v) is 3.44. The van der Waals surface area contributed by atoms with Crippen molar-refractivity contribution >= 4 is 23.5 Å². The summed E-state index contributed by atoms with van der Waals surface area (Å²) in [5.74, 6) is -6.25. The lowest BCUT2D eigenvalue weighted by Crippen LogP contribution is -2.49. The number of aliphatic hydroxyl groups is 1. The third-order valence-corrected chi connectivity index (χ3v) is 5.21. The van der Waals surface area contributed by atoms with Crippen molar-refractivity contribution in [2.24, 2.45) is 0 Å². The van der Waals surface area contributed by atoms with Crippen molar-refractivity contribution in [2.75, 3.05) is 0 Å². The van der Waals surface area contributed by atoms with Crippen LogP contribution in [-0.2, 0) is 25.5 Å². The third-order valence-electron chi connectivity index (χ3n) is 4.86. The molecule has 0 aliphatic carbocycles. The zero-order valence-corrected chi connectivity index (χ0v) is 17.3. The molecule has 4 rings (SSSR count). The molecule has 1 fully saturated rings. The smallest absolute Gasteiger partial charge is 0.417 e. The molecule has 9 heteroatoms. The van der Waals surface area contributed by atoms with E-state index in [1.165, 1.54) is 12.1 Å². The zero-order chi connectivity index (χ0) is 22.7. The Morgan fingerprint density at radius 3 is 2.44 bits per heavy atom. The first-order valence-corrected chi connectivity index (χ1v) is 10.0. The first-order chi connectivity index (χ1) is 15.4. The van der Waals surface area contributed by atoms with Crippen LogP contribution in [0.4, 0.5) is 4.39 Å². The molecule has 164 valence electrons. The van der Waals surface area contributed by atoms with Crippen LogP contribution in [0, 0.1) is 5.82 Å². The number of aryl methyl sites for hydroxylation is 1. The number of ether oxygens (including phenoxy) is 3. The number of rotatable bonds is 7. The first kappa shape index (κ1) is 21.7. The van der Waals surface area contributed by atoms with Gasteiger partial charge in [0.1, 0.15) is 10.8 Å². The molecule has 0 unspecified atom stereocenters. The van der Waals surface area contributed by atoms with Crippen molar-refractivity contribution in [3.05, 3.63) is 83.4 Å². The zero-order valence-electron chi connectivity index (χ0n) is 16.5. The first-order valence-electron chi connectivity index (χ1n) is 9.65. The van der Waals surface area contributed by atoms with E-state index in [0.717, 1.165) is 5.56 Å². The number of hydrogen-bond donors (Lipinski definition) is 1. The van der Waals surface area contributed by atoms with Crippen LogP contribution in [-0.4, -0.2) is 34.1 Å². The van der Waals surface area contributed by atoms with E-state index < -0.39 is 34.9 Å². The largest absolute Gasteiger partial charge is 0.450 e. The predicted octanol–water partition coefficient (Wildman–Crippen LogP) is 3.67. The lowest BCUT2D eigenvalue weighted by Gasteiger charge is -2.30. The summed E-state index contributed by atoms with van der Waals surface area (Å²) >= 11 is 6.17. The van der Waals surface area contributed by atoms with Gasteiger partial charge in [-0.25, -0.2) is 14.0 Å². The number of halogens is 2. The van der Waals surface area contributed by atoms with Crippen LogP contribution in [0.2, 0.25) is 5.02 Å². The Balaban J connectivity index is 1.61. The van der Waals surface area contributed by atoms with Crippen LogP contribution < -0.4 is 4.74 Å². The van der Waals surface area contributed by atoms with E-state index >= 15 is 0 Å². The summed E-state index contributed by atoms with van der Waals surface area (Å²) in [6, 6.07) is 15.0. The highest BCUT2D eigenvalue weighted by Gasteiger charge is 2.57. The Hall–Kier alpha value is -3.49. The highest BCUT2D eigenvalue weighted by atomic mass is 35.5. The molecule has 2 heterocycles. The van der Waals surface area contributed by atoms with Crippen LogP contribution in [0.3, 0.4) is 0 Å². The van der Waals surface area contributed by atoms with Gasteiger partial charge < -0.3 is 19.3 Å². The molecule has 1 aliphatic rings. The van der Waals surface area contributed by atoms with Gasteiger partial charge in [0.2, 0.25) is 0 Å². The van der Waals surface area contributed by atoms with Crippen molar-refractivity contribution in [2.45, 2.75) is 24.9 Å². The lowest BCUT2D eigenvalue weighted by atomic mass is 10.0. The quantitative estimate of drug-likeness (QED) is 0.427. The van der Waals surface area contributed by atoms with E-state index in [0.29, 0.717) is 12.0 Å². The molecule has 7 nitrogen and oxygen atoms in total. The second-order valence-corrected chi connectivity index (χ2v) is 7.38. The van der Waals surface area contributed by atoms with Crippen LogP contribution in [0.15, 0.2) is 67.0 Å². The van der Waals surface area contributed by atoms with Gasteiger partial charge in [0, 0.05) is 18.0 Å². The minimum atomic E-state index is -2.50. The summed E-state index contributed by atoms with van der Waals surface area (Å²) in [5.41, 5.74) is 1.59. The Morgan fingerprint density at radius 2 is 1.78 bits per heavy atom. The molecule has 0 radical (unpaired) electrons. The monoisotopic (exact) mass is 457 g/mol. The second kappa shape index (κ2) is 8.94. The maximum Gasteiger partial charge on any atom is 0.450 e. The number of benzene rings is 2. The van der Waals surface area contributed by atoms with Gasteiger partial charge in [-0.15, -0.1) is 0 Å². The van der Waals surface area contributed by atoms with Crippen LogP contribution in [0.25, 0.3) is 11.1 Å². The Labute approximate surface area is 187 Å². The van der Waals surface area contributed by atoms with E-state index in [4.69, 9.17) is 25.8 Å². The fraction of sp³-hybridized carbons (Fsp3) is 0.174. The summed E-state index contributed by atoms with van der Waals surface area (Å²) in [4.78, 5) is 27.5. The highest BCUT2D eigenvalue weighted by molar-refractivity contribution is 6.32. The van der Waals surface area contributed by atoms with Gasteiger partial charge in [0.05, 0.1) is 0 Å². The molecule has 32 heavy (non-hydrogen) atoms. The summed E-state index contributed by atoms with van der Waals surface area (Å²) < 4.78 is 30.4. The number of hydrogen-bond acceptors (Lipinski definition) is 7. The molecule has 1 aliphatic heterocycles. The van der Waals surface area contributed by atoms with E-state index in [1.807, 2.05) is 0 Å². The molecule has 1 saturated heterocycles. The second-order valence-electron chi connectivity index (χ2n) is 7.01. The average Bonchev–Trinajstić information content (AvgIpc) is 3.11. The average molecular weight is 458 g/mol. The minimum absolute atomic E-state index is 0.0194. The third kappa shape index (κ3) is 4.28. The molecule has 0 amide bonds. The van der Waals surface area contributed by atoms with Gasteiger partial charge >= 0.3 is 17.9 Å². The van der Waals surface area contributed by atoms with Crippen molar-refractivity contribution in [3.63, 3.8) is 0 Å². The maximum atomic E-state index is 15.0. The summed E-state index contributed by atoms with van der Waals surface area (Å²) in [6.07, 6.45) is 1.90. The summed E-state index contributed by atoms with van der Waals surface area (Å²) in [5, 5.41) is 10.3. The molecule has 0 bridgehead atoms. The van der Waals surface area contributed by atoms with Crippen LogP contribution in [0.5, 0.6) is 5.75 Å². The predicted molar refractivity (Wildman–Crippen MR) is 111 cm³/mol. The molecular weight excluding hydrogens is 441 g/mol. The fourth-order valence-electron chi connectivity index (χ4n) is 3.24. The van der Waals surface area contributed by atoms with Crippen molar-refractivity contribution in [1.82, 2.24) is 4.98 Å². The Bertz CT molecular complexity index is 1130. The van der Waals surface area contributed by atoms with E-state index in [2.05, 4.69) is 4.98 Å². The van der Waals surface area contributed by atoms with Crippen molar-refractivity contribution in [3.8, 4) is 16.9 Å². The molecule has 1 atom stereocenters. The number of esters is 2.